The third-order valence-electron chi connectivity index (χ3n) is 4.06. The highest BCUT2D eigenvalue weighted by atomic mass is 19.2. The monoisotopic (exact) mass is 285 g/mol. The number of benzene rings is 1. The Morgan fingerprint density at radius 2 is 1.80 bits per heavy atom. The fourth-order valence-electron chi connectivity index (χ4n) is 2.71. The minimum absolute atomic E-state index is 0.190. The Morgan fingerprint density at radius 3 is 2.40 bits per heavy atom. The van der Waals surface area contributed by atoms with Crippen molar-refractivity contribution in [2.75, 3.05) is 6.54 Å². The van der Waals surface area contributed by atoms with Gasteiger partial charge in [-0.2, -0.15) is 0 Å². The minimum atomic E-state index is -1.55. The quantitative estimate of drug-likeness (QED) is 0.844. The maximum absolute atomic E-state index is 13.1. The van der Waals surface area contributed by atoms with E-state index in [-0.39, 0.29) is 5.56 Å². The Balaban J connectivity index is 1.98. The molecular formula is C15H18F3NO. The first-order chi connectivity index (χ1) is 9.49. The van der Waals surface area contributed by atoms with Gasteiger partial charge in [0.05, 0.1) is 0 Å². The molecule has 1 aromatic rings. The van der Waals surface area contributed by atoms with Crippen molar-refractivity contribution in [3.63, 3.8) is 0 Å². The number of hydrogen-bond donors (Lipinski definition) is 1. The summed E-state index contributed by atoms with van der Waals surface area (Å²) in [5.41, 5.74) is -0.190. The molecule has 20 heavy (non-hydrogen) atoms. The van der Waals surface area contributed by atoms with Gasteiger partial charge in [-0.15, -0.1) is 0 Å². The third kappa shape index (κ3) is 3.32. The lowest BCUT2D eigenvalue weighted by molar-refractivity contribution is 0.0935. The number of carbonyl (C=O) groups is 1. The van der Waals surface area contributed by atoms with Gasteiger partial charge in [0.1, 0.15) is 0 Å². The number of rotatable bonds is 3. The second-order valence-electron chi connectivity index (χ2n) is 5.49. The Kier molecular flexibility index (Phi) is 4.68. The minimum Gasteiger partial charge on any atom is -0.352 e. The molecule has 0 aromatic heterocycles. The van der Waals surface area contributed by atoms with Crippen LogP contribution in [0.2, 0.25) is 0 Å². The first-order valence-corrected chi connectivity index (χ1v) is 6.91. The van der Waals surface area contributed by atoms with Crippen molar-refractivity contribution in [3.05, 3.63) is 35.1 Å². The van der Waals surface area contributed by atoms with Crippen LogP contribution in [0.3, 0.4) is 0 Å². The lowest BCUT2D eigenvalue weighted by atomic mass is 9.80. The van der Waals surface area contributed by atoms with E-state index in [1.165, 1.54) is 6.42 Å². The fraction of sp³-hybridized carbons (Fsp3) is 0.533. The zero-order chi connectivity index (χ0) is 14.7. The molecule has 0 radical (unpaired) electrons. The molecule has 2 atom stereocenters. The number of hydrogen-bond acceptors (Lipinski definition) is 1. The average Bonchev–Trinajstić information content (AvgIpc) is 2.43. The molecule has 2 unspecified atom stereocenters. The van der Waals surface area contributed by atoms with Gasteiger partial charge in [0.2, 0.25) is 0 Å². The van der Waals surface area contributed by atoms with Gasteiger partial charge in [-0.1, -0.05) is 26.2 Å². The molecule has 0 heterocycles. The van der Waals surface area contributed by atoms with Gasteiger partial charge in [-0.05, 0) is 30.4 Å². The van der Waals surface area contributed by atoms with Crippen molar-refractivity contribution in [2.45, 2.75) is 32.6 Å². The lowest BCUT2D eigenvalue weighted by Gasteiger charge is -2.28. The Morgan fingerprint density at radius 1 is 1.20 bits per heavy atom. The molecule has 1 aromatic carbocycles. The summed E-state index contributed by atoms with van der Waals surface area (Å²) in [4.78, 5) is 11.8. The van der Waals surface area contributed by atoms with E-state index < -0.39 is 23.4 Å². The Bertz CT molecular complexity index is 481. The number of amides is 1. The molecule has 1 N–H and O–H groups in total. The molecule has 1 aliphatic carbocycles. The number of nitrogens with one attached hydrogen (secondary N) is 1. The molecule has 0 spiro atoms. The van der Waals surface area contributed by atoms with Gasteiger partial charge in [-0.3, -0.25) is 4.79 Å². The third-order valence-corrected chi connectivity index (χ3v) is 4.06. The van der Waals surface area contributed by atoms with Crippen LogP contribution in [0.5, 0.6) is 0 Å². The standard InChI is InChI=1S/C15H18F3NO/c1-9-4-2-3-5-10(9)8-19-15(20)11-6-12(16)14(18)13(17)7-11/h6-7,9-10H,2-5,8H2,1H3,(H,19,20). The van der Waals surface area contributed by atoms with Crippen molar-refractivity contribution in [1.82, 2.24) is 5.32 Å². The zero-order valence-corrected chi connectivity index (χ0v) is 11.4. The van der Waals surface area contributed by atoms with Crippen LogP contribution in [0.25, 0.3) is 0 Å². The highest BCUT2D eigenvalue weighted by Crippen LogP contribution is 2.28. The Labute approximate surface area is 116 Å². The topological polar surface area (TPSA) is 29.1 Å². The van der Waals surface area contributed by atoms with Crippen molar-refractivity contribution in [2.24, 2.45) is 11.8 Å². The van der Waals surface area contributed by atoms with Crippen LogP contribution in [-0.4, -0.2) is 12.5 Å². The summed E-state index contributed by atoms with van der Waals surface area (Å²) < 4.78 is 38.9. The van der Waals surface area contributed by atoms with Crippen LogP contribution in [0.4, 0.5) is 13.2 Å². The molecule has 1 amide bonds. The molecule has 2 rings (SSSR count). The molecule has 1 fully saturated rings. The maximum Gasteiger partial charge on any atom is 0.251 e. The summed E-state index contributed by atoms with van der Waals surface area (Å²) in [6, 6.07) is 1.44. The summed E-state index contributed by atoms with van der Waals surface area (Å²) in [7, 11) is 0. The summed E-state index contributed by atoms with van der Waals surface area (Å²) in [6.45, 7) is 2.63. The average molecular weight is 285 g/mol. The van der Waals surface area contributed by atoms with E-state index in [0.29, 0.717) is 18.4 Å². The number of carbonyl (C=O) groups excluding carboxylic acids is 1. The zero-order valence-electron chi connectivity index (χ0n) is 11.4. The fourth-order valence-corrected chi connectivity index (χ4v) is 2.71. The van der Waals surface area contributed by atoms with Gasteiger partial charge < -0.3 is 5.32 Å². The molecule has 2 nitrogen and oxygen atoms in total. The van der Waals surface area contributed by atoms with Gasteiger partial charge in [-0.25, -0.2) is 13.2 Å². The molecule has 0 bridgehead atoms. The van der Waals surface area contributed by atoms with Crippen molar-refractivity contribution in [1.29, 1.82) is 0 Å². The van der Waals surface area contributed by atoms with Crippen LogP contribution in [0.15, 0.2) is 12.1 Å². The van der Waals surface area contributed by atoms with Crippen molar-refractivity contribution >= 4 is 5.91 Å². The lowest BCUT2D eigenvalue weighted by Crippen LogP contribution is -2.33. The summed E-state index contributed by atoms with van der Waals surface area (Å²) in [5.74, 6) is -3.89. The smallest absolute Gasteiger partial charge is 0.251 e. The normalized spacial score (nSPS) is 22.6. The second-order valence-corrected chi connectivity index (χ2v) is 5.49. The highest BCUT2D eigenvalue weighted by molar-refractivity contribution is 5.94. The van der Waals surface area contributed by atoms with Crippen LogP contribution >= 0.6 is 0 Å². The van der Waals surface area contributed by atoms with Crippen LogP contribution in [0.1, 0.15) is 43.0 Å². The first kappa shape index (κ1) is 14.9. The van der Waals surface area contributed by atoms with Gasteiger partial charge in [0, 0.05) is 12.1 Å². The molecule has 5 heteroatoms. The predicted molar refractivity (Wildman–Crippen MR) is 69.8 cm³/mol. The summed E-state index contributed by atoms with van der Waals surface area (Å²) in [6.07, 6.45) is 4.54. The van der Waals surface area contributed by atoms with E-state index >= 15 is 0 Å². The molecule has 1 aliphatic rings. The molecule has 0 saturated heterocycles. The predicted octanol–water partition coefficient (Wildman–Crippen LogP) is 3.66. The number of halogens is 3. The maximum atomic E-state index is 13.1. The largest absolute Gasteiger partial charge is 0.352 e. The van der Waals surface area contributed by atoms with Crippen LogP contribution < -0.4 is 5.32 Å². The van der Waals surface area contributed by atoms with E-state index in [1.54, 1.807) is 0 Å². The first-order valence-electron chi connectivity index (χ1n) is 6.91. The van der Waals surface area contributed by atoms with E-state index in [0.717, 1.165) is 31.4 Å². The second kappa shape index (κ2) is 6.29. The molecule has 0 aliphatic heterocycles. The van der Waals surface area contributed by atoms with E-state index in [1.807, 2.05) is 0 Å². The van der Waals surface area contributed by atoms with Gasteiger partial charge in [0.25, 0.3) is 5.91 Å². The van der Waals surface area contributed by atoms with Crippen LogP contribution in [-0.2, 0) is 0 Å². The van der Waals surface area contributed by atoms with Crippen molar-refractivity contribution in [3.8, 4) is 0 Å². The van der Waals surface area contributed by atoms with E-state index in [2.05, 4.69) is 12.2 Å². The summed E-state index contributed by atoms with van der Waals surface area (Å²) >= 11 is 0. The van der Waals surface area contributed by atoms with E-state index in [4.69, 9.17) is 0 Å². The SMILES string of the molecule is CC1CCCCC1CNC(=O)c1cc(F)c(F)c(F)c1. The van der Waals surface area contributed by atoms with E-state index in [9.17, 15) is 18.0 Å². The Hall–Kier alpha value is -1.52. The molecule has 1 saturated carbocycles. The highest BCUT2D eigenvalue weighted by Gasteiger charge is 2.22. The van der Waals surface area contributed by atoms with Crippen LogP contribution in [0, 0.1) is 29.3 Å². The molecule has 110 valence electrons. The summed E-state index contributed by atoms with van der Waals surface area (Å²) in [5, 5.41) is 2.68. The van der Waals surface area contributed by atoms with Gasteiger partial charge >= 0.3 is 0 Å². The van der Waals surface area contributed by atoms with Crippen molar-refractivity contribution < 1.29 is 18.0 Å². The van der Waals surface area contributed by atoms with Gasteiger partial charge in [0.15, 0.2) is 17.5 Å². The molecular weight excluding hydrogens is 267 g/mol.